The third-order valence-electron chi connectivity index (χ3n) is 3.15. The molecule has 4 nitrogen and oxygen atoms in total. The molecule has 1 aromatic rings. The Balaban J connectivity index is 2.50. The number of halogens is 1. The van der Waals surface area contributed by atoms with Crippen LogP contribution in [0.1, 0.15) is 24.8 Å². The lowest BCUT2D eigenvalue weighted by Crippen LogP contribution is -2.42. The number of rotatable bonds is 3. The zero-order chi connectivity index (χ0) is 11.8. The van der Waals surface area contributed by atoms with Crippen molar-refractivity contribution in [2.45, 2.75) is 24.7 Å². The van der Waals surface area contributed by atoms with Crippen molar-refractivity contribution in [1.29, 1.82) is 0 Å². The summed E-state index contributed by atoms with van der Waals surface area (Å²) in [6.07, 6.45) is 2.17. The maximum absolute atomic E-state index is 11.3. The Morgan fingerprint density at radius 3 is 2.69 bits per heavy atom. The fraction of sp³-hybridized carbons (Fsp3) is 0.455. The van der Waals surface area contributed by atoms with Crippen LogP contribution in [0.5, 0.6) is 5.88 Å². The third kappa shape index (κ3) is 1.53. The van der Waals surface area contributed by atoms with Gasteiger partial charge in [-0.1, -0.05) is 18.0 Å². The molecule has 0 atom stereocenters. The van der Waals surface area contributed by atoms with Crippen LogP contribution in [0.2, 0.25) is 5.15 Å². The van der Waals surface area contributed by atoms with E-state index in [0.717, 1.165) is 6.42 Å². The molecule has 0 aromatic carbocycles. The second-order valence-electron chi connectivity index (χ2n) is 3.93. The molecule has 1 aromatic heterocycles. The standard InChI is InChI=1S/C11H12ClNO3/c1-16-9-7(3-4-8(12)13-9)11(10(14)15)5-2-6-11/h3-4H,2,5-6H2,1H3,(H,14,15). The molecule has 0 unspecified atom stereocenters. The van der Waals surface area contributed by atoms with E-state index in [0.29, 0.717) is 29.4 Å². The highest BCUT2D eigenvalue weighted by atomic mass is 35.5. The lowest BCUT2D eigenvalue weighted by molar-refractivity contribution is -0.147. The molecule has 0 radical (unpaired) electrons. The van der Waals surface area contributed by atoms with Crippen molar-refractivity contribution < 1.29 is 14.6 Å². The number of nitrogens with zero attached hydrogens (tertiary/aromatic N) is 1. The largest absolute Gasteiger partial charge is 0.481 e. The Labute approximate surface area is 98.2 Å². The van der Waals surface area contributed by atoms with Gasteiger partial charge in [0.1, 0.15) is 5.15 Å². The summed E-state index contributed by atoms with van der Waals surface area (Å²) in [5.74, 6) is -0.504. The Kier molecular flexibility index (Phi) is 2.76. The number of methoxy groups -OCH3 is 1. The highest BCUT2D eigenvalue weighted by Crippen LogP contribution is 2.47. The van der Waals surface area contributed by atoms with Crippen molar-refractivity contribution in [3.05, 3.63) is 22.8 Å². The van der Waals surface area contributed by atoms with E-state index in [-0.39, 0.29) is 0 Å². The summed E-state index contributed by atoms with van der Waals surface area (Å²) in [7, 11) is 1.47. The monoisotopic (exact) mass is 241 g/mol. The molecule has 1 fully saturated rings. The molecule has 0 aliphatic heterocycles. The van der Waals surface area contributed by atoms with Gasteiger partial charge in [-0.2, -0.15) is 0 Å². The summed E-state index contributed by atoms with van der Waals surface area (Å²) >= 11 is 5.75. The number of hydrogen-bond acceptors (Lipinski definition) is 3. The van der Waals surface area contributed by atoms with Crippen LogP contribution in [0, 0.1) is 0 Å². The normalized spacial score (nSPS) is 17.6. The first-order chi connectivity index (χ1) is 7.60. The molecule has 2 rings (SSSR count). The first-order valence-corrected chi connectivity index (χ1v) is 5.42. The van der Waals surface area contributed by atoms with Gasteiger partial charge < -0.3 is 9.84 Å². The van der Waals surface area contributed by atoms with Gasteiger partial charge in [0.15, 0.2) is 0 Å². The van der Waals surface area contributed by atoms with Crippen molar-refractivity contribution in [2.24, 2.45) is 0 Å². The molecular formula is C11H12ClNO3. The predicted molar refractivity (Wildman–Crippen MR) is 59.0 cm³/mol. The van der Waals surface area contributed by atoms with Crippen molar-refractivity contribution in [3.63, 3.8) is 0 Å². The van der Waals surface area contributed by atoms with E-state index >= 15 is 0 Å². The minimum absolute atomic E-state index is 0.306. The van der Waals surface area contributed by atoms with Crippen LogP contribution in [0.3, 0.4) is 0 Å². The van der Waals surface area contributed by atoms with Gasteiger partial charge in [-0.05, 0) is 25.0 Å². The fourth-order valence-corrected chi connectivity index (χ4v) is 2.21. The molecule has 0 saturated heterocycles. The summed E-state index contributed by atoms with van der Waals surface area (Å²) in [6, 6.07) is 3.30. The highest BCUT2D eigenvalue weighted by Gasteiger charge is 2.48. The molecule has 1 heterocycles. The summed E-state index contributed by atoms with van der Waals surface area (Å²) in [4.78, 5) is 15.3. The first-order valence-electron chi connectivity index (χ1n) is 5.04. The van der Waals surface area contributed by atoms with E-state index in [9.17, 15) is 9.90 Å². The number of pyridine rings is 1. The summed E-state index contributed by atoms with van der Waals surface area (Å²) < 4.78 is 5.10. The molecule has 0 amide bonds. The van der Waals surface area contributed by atoms with Crippen molar-refractivity contribution in [1.82, 2.24) is 4.98 Å². The van der Waals surface area contributed by atoms with E-state index in [4.69, 9.17) is 16.3 Å². The molecule has 1 saturated carbocycles. The lowest BCUT2D eigenvalue weighted by atomic mass is 9.64. The van der Waals surface area contributed by atoms with Crippen LogP contribution >= 0.6 is 11.6 Å². The molecule has 5 heteroatoms. The summed E-state index contributed by atoms with van der Waals surface area (Å²) in [6.45, 7) is 0. The Morgan fingerprint density at radius 2 is 2.25 bits per heavy atom. The number of carbonyl (C=O) groups is 1. The van der Waals surface area contributed by atoms with E-state index < -0.39 is 11.4 Å². The van der Waals surface area contributed by atoms with E-state index in [1.165, 1.54) is 7.11 Å². The van der Waals surface area contributed by atoms with Gasteiger partial charge in [0.2, 0.25) is 5.88 Å². The predicted octanol–water partition coefficient (Wildman–Crippen LogP) is 2.25. The Hall–Kier alpha value is -1.29. The Morgan fingerprint density at radius 1 is 1.56 bits per heavy atom. The summed E-state index contributed by atoms with van der Waals surface area (Å²) in [5.41, 5.74) is -0.207. The lowest BCUT2D eigenvalue weighted by Gasteiger charge is -2.38. The minimum atomic E-state index is -0.830. The number of aliphatic carboxylic acids is 1. The number of carboxylic acid groups (broad SMARTS) is 1. The van der Waals surface area contributed by atoms with Crippen LogP contribution in [0.15, 0.2) is 12.1 Å². The molecule has 0 bridgehead atoms. The zero-order valence-electron chi connectivity index (χ0n) is 8.86. The molecule has 1 aliphatic rings. The first kappa shape index (κ1) is 11.2. The van der Waals surface area contributed by atoms with Gasteiger partial charge in [-0.15, -0.1) is 0 Å². The van der Waals surface area contributed by atoms with E-state index in [1.807, 2.05) is 0 Å². The van der Waals surface area contributed by atoms with Crippen LogP contribution in [-0.4, -0.2) is 23.2 Å². The smallest absolute Gasteiger partial charge is 0.314 e. The van der Waals surface area contributed by atoms with Gasteiger partial charge >= 0.3 is 5.97 Å². The van der Waals surface area contributed by atoms with Crippen LogP contribution in [0.4, 0.5) is 0 Å². The number of aromatic nitrogens is 1. The second kappa shape index (κ2) is 3.94. The molecule has 0 spiro atoms. The number of carboxylic acids is 1. The maximum Gasteiger partial charge on any atom is 0.314 e. The van der Waals surface area contributed by atoms with Crippen LogP contribution in [0.25, 0.3) is 0 Å². The molecule has 1 N–H and O–H groups in total. The molecule has 1 aliphatic carbocycles. The third-order valence-corrected chi connectivity index (χ3v) is 3.36. The van der Waals surface area contributed by atoms with E-state index in [1.54, 1.807) is 12.1 Å². The molecular weight excluding hydrogens is 230 g/mol. The minimum Gasteiger partial charge on any atom is -0.481 e. The van der Waals surface area contributed by atoms with Gasteiger partial charge in [0.25, 0.3) is 0 Å². The van der Waals surface area contributed by atoms with Gasteiger partial charge in [0, 0.05) is 5.56 Å². The van der Waals surface area contributed by atoms with Crippen LogP contribution in [-0.2, 0) is 10.2 Å². The van der Waals surface area contributed by atoms with Gasteiger partial charge in [-0.3, -0.25) is 4.79 Å². The quantitative estimate of drug-likeness (QED) is 0.825. The van der Waals surface area contributed by atoms with E-state index in [2.05, 4.69) is 4.98 Å². The Bertz CT molecular complexity index is 429. The topological polar surface area (TPSA) is 59.4 Å². The van der Waals surface area contributed by atoms with Gasteiger partial charge in [-0.25, -0.2) is 4.98 Å². The van der Waals surface area contributed by atoms with Crippen molar-refractivity contribution in [2.75, 3.05) is 7.11 Å². The average molecular weight is 242 g/mol. The number of ether oxygens (including phenoxy) is 1. The molecule has 16 heavy (non-hydrogen) atoms. The van der Waals surface area contributed by atoms with Crippen molar-refractivity contribution >= 4 is 17.6 Å². The molecule has 86 valence electrons. The summed E-state index contributed by atoms with van der Waals surface area (Å²) in [5, 5.41) is 9.62. The highest BCUT2D eigenvalue weighted by molar-refractivity contribution is 6.29. The SMILES string of the molecule is COc1nc(Cl)ccc1C1(C(=O)O)CCC1. The van der Waals surface area contributed by atoms with Crippen molar-refractivity contribution in [3.8, 4) is 5.88 Å². The average Bonchev–Trinajstić information content (AvgIpc) is 2.17. The fourth-order valence-electron chi connectivity index (χ4n) is 2.07. The van der Waals surface area contributed by atoms with Crippen LogP contribution < -0.4 is 4.74 Å². The zero-order valence-corrected chi connectivity index (χ0v) is 9.62. The second-order valence-corrected chi connectivity index (χ2v) is 4.32. The van der Waals surface area contributed by atoms with Gasteiger partial charge in [0.05, 0.1) is 12.5 Å². The number of hydrogen-bond donors (Lipinski definition) is 1. The maximum atomic E-state index is 11.3.